The van der Waals surface area contributed by atoms with E-state index in [0.717, 1.165) is 32.1 Å². The van der Waals surface area contributed by atoms with Gasteiger partial charge < -0.3 is 0 Å². The smallest absolute Gasteiger partial charge is 0.195 e. The standard InChI is InChI=1S/C14H16BrF3/c1-8-10(7-15)12(16)14(18)13(17)11(8)9-5-3-2-4-6-9/h9H,2-7H2,1H3. The van der Waals surface area contributed by atoms with Crippen LogP contribution in [0.15, 0.2) is 0 Å². The second kappa shape index (κ2) is 5.64. The molecule has 1 aromatic rings. The third kappa shape index (κ3) is 2.31. The lowest BCUT2D eigenvalue weighted by Gasteiger charge is -2.25. The molecule has 0 amide bonds. The first-order valence-corrected chi connectivity index (χ1v) is 7.41. The monoisotopic (exact) mass is 320 g/mol. The molecule has 1 saturated carbocycles. The summed E-state index contributed by atoms with van der Waals surface area (Å²) < 4.78 is 41.2. The van der Waals surface area contributed by atoms with Crippen molar-refractivity contribution in [3.05, 3.63) is 34.1 Å². The van der Waals surface area contributed by atoms with Crippen LogP contribution < -0.4 is 0 Å². The molecule has 0 radical (unpaired) electrons. The van der Waals surface area contributed by atoms with Crippen molar-refractivity contribution in [3.63, 3.8) is 0 Å². The second-order valence-electron chi connectivity index (χ2n) is 4.93. The highest BCUT2D eigenvalue weighted by Crippen LogP contribution is 2.38. The van der Waals surface area contributed by atoms with Gasteiger partial charge in [-0.25, -0.2) is 13.2 Å². The van der Waals surface area contributed by atoms with Gasteiger partial charge in [-0.05, 0) is 36.8 Å². The van der Waals surface area contributed by atoms with E-state index in [4.69, 9.17) is 0 Å². The fraction of sp³-hybridized carbons (Fsp3) is 0.571. The van der Waals surface area contributed by atoms with Gasteiger partial charge in [-0.2, -0.15) is 0 Å². The Hall–Kier alpha value is -0.510. The summed E-state index contributed by atoms with van der Waals surface area (Å²) in [5.74, 6) is -3.33. The van der Waals surface area contributed by atoms with Crippen LogP contribution in [-0.4, -0.2) is 0 Å². The van der Waals surface area contributed by atoms with Crippen LogP contribution in [0.2, 0.25) is 0 Å². The Bertz CT molecular complexity index is 451. The Morgan fingerprint density at radius 1 is 1.00 bits per heavy atom. The molecular weight excluding hydrogens is 305 g/mol. The average Bonchev–Trinajstić information content (AvgIpc) is 2.38. The summed E-state index contributed by atoms with van der Waals surface area (Å²) in [7, 11) is 0. The Labute approximate surface area is 114 Å². The highest BCUT2D eigenvalue weighted by atomic mass is 79.9. The van der Waals surface area contributed by atoms with E-state index in [9.17, 15) is 13.2 Å². The maximum atomic E-state index is 14.0. The van der Waals surface area contributed by atoms with Gasteiger partial charge >= 0.3 is 0 Å². The van der Waals surface area contributed by atoms with Crippen molar-refractivity contribution in [1.29, 1.82) is 0 Å². The van der Waals surface area contributed by atoms with E-state index in [1.165, 1.54) is 0 Å². The first-order chi connectivity index (χ1) is 8.57. The lowest BCUT2D eigenvalue weighted by Crippen LogP contribution is -2.13. The Morgan fingerprint density at radius 2 is 1.61 bits per heavy atom. The predicted molar refractivity (Wildman–Crippen MR) is 69.5 cm³/mol. The molecule has 0 heterocycles. The molecule has 0 N–H and O–H groups in total. The van der Waals surface area contributed by atoms with Gasteiger partial charge in [0.05, 0.1) is 0 Å². The second-order valence-corrected chi connectivity index (χ2v) is 5.49. The van der Waals surface area contributed by atoms with E-state index in [-0.39, 0.29) is 16.8 Å². The van der Waals surface area contributed by atoms with Crippen molar-refractivity contribution in [2.45, 2.75) is 50.3 Å². The highest BCUT2D eigenvalue weighted by molar-refractivity contribution is 9.08. The van der Waals surface area contributed by atoms with Crippen molar-refractivity contribution < 1.29 is 13.2 Å². The van der Waals surface area contributed by atoms with E-state index in [0.29, 0.717) is 11.1 Å². The van der Waals surface area contributed by atoms with Crippen molar-refractivity contribution >= 4 is 15.9 Å². The summed E-state index contributed by atoms with van der Waals surface area (Å²) in [6.07, 6.45) is 4.94. The normalized spacial score (nSPS) is 17.2. The zero-order valence-corrected chi connectivity index (χ0v) is 11.9. The Balaban J connectivity index is 2.54. The molecule has 0 aliphatic heterocycles. The van der Waals surface area contributed by atoms with Crippen LogP contribution in [-0.2, 0) is 5.33 Å². The number of halogens is 4. The molecule has 0 aromatic heterocycles. The highest BCUT2D eigenvalue weighted by Gasteiger charge is 2.27. The van der Waals surface area contributed by atoms with Crippen LogP contribution in [0.25, 0.3) is 0 Å². The molecule has 0 saturated heterocycles. The molecule has 1 aliphatic rings. The number of hydrogen-bond acceptors (Lipinski definition) is 0. The summed E-state index contributed by atoms with van der Waals surface area (Å²) in [5.41, 5.74) is 1.20. The zero-order chi connectivity index (χ0) is 13.3. The molecule has 0 nitrogen and oxygen atoms in total. The molecule has 100 valence electrons. The summed E-state index contributed by atoms with van der Waals surface area (Å²) in [6.45, 7) is 1.69. The fourth-order valence-corrected chi connectivity index (χ4v) is 3.54. The van der Waals surface area contributed by atoms with Crippen LogP contribution in [0.5, 0.6) is 0 Å². The molecule has 1 aliphatic carbocycles. The number of benzene rings is 1. The predicted octanol–water partition coefficient (Wildman–Crippen LogP) is 5.35. The van der Waals surface area contributed by atoms with Gasteiger partial charge in [-0.1, -0.05) is 35.2 Å². The SMILES string of the molecule is Cc1c(CBr)c(F)c(F)c(F)c1C1CCCCC1. The quantitative estimate of drug-likeness (QED) is 0.508. The lowest BCUT2D eigenvalue weighted by atomic mass is 9.81. The third-order valence-electron chi connectivity index (χ3n) is 3.89. The minimum absolute atomic E-state index is 0.0339. The van der Waals surface area contributed by atoms with Crippen LogP contribution in [0.3, 0.4) is 0 Å². The molecule has 0 bridgehead atoms. The van der Waals surface area contributed by atoms with E-state index >= 15 is 0 Å². The van der Waals surface area contributed by atoms with E-state index in [2.05, 4.69) is 15.9 Å². The largest absolute Gasteiger partial charge is 0.203 e. The summed E-state index contributed by atoms with van der Waals surface area (Å²) in [6, 6.07) is 0. The van der Waals surface area contributed by atoms with E-state index < -0.39 is 17.5 Å². The van der Waals surface area contributed by atoms with Crippen LogP contribution in [0.4, 0.5) is 13.2 Å². The third-order valence-corrected chi connectivity index (χ3v) is 4.45. The van der Waals surface area contributed by atoms with Crippen molar-refractivity contribution in [2.75, 3.05) is 0 Å². The first kappa shape index (κ1) is 13.9. The number of hydrogen-bond donors (Lipinski definition) is 0. The van der Waals surface area contributed by atoms with Gasteiger partial charge in [-0.3, -0.25) is 0 Å². The summed E-state index contributed by atoms with van der Waals surface area (Å²) in [4.78, 5) is 0. The van der Waals surface area contributed by atoms with Gasteiger partial charge in [0.15, 0.2) is 17.5 Å². The summed E-state index contributed by atoms with van der Waals surface area (Å²) in [5, 5.41) is 0.210. The molecule has 18 heavy (non-hydrogen) atoms. The first-order valence-electron chi connectivity index (χ1n) is 6.29. The molecular formula is C14H16BrF3. The van der Waals surface area contributed by atoms with Gasteiger partial charge in [0.25, 0.3) is 0 Å². The van der Waals surface area contributed by atoms with Gasteiger partial charge in [0, 0.05) is 10.9 Å². The Morgan fingerprint density at radius 3 is 2.17 bits per heavy atom. The van der Waals surface area contributed by atoms with Crippen molar-refractivity contribution in [1.82, 2.24) is 0 Å². The molecule has 1 fully saturated rings. The van der Waals surface area contributed by atoms with Crippen LogP contribution >= 0.6 is 15.9 Å². The molecule has 0 spiro atoms. The molecule has 1 aromatic carbocycles. The minimum Gasteiger partial charge on any atom is -0.203 e. The van der Waals surface area contributed by atoms with E-state index in [1.807, 2.05) is 0 Å². The molecule has 2 rings (SSSR count). The number of alkyl halides is 1. The van der Waals surface area contributed by atoms with E-state index in [1.54, 1.807) is 6.92 Å². The van der Waals surface area contributed by atoms with Crippen LogP contribution in [0, 0.1) is 24.4 Å². The lowest BCUT2D eigenvalue weighted by molar-refractivity contribution is 0.397. The topological polar surface area (TPSA) is 0 Å². The fourth-order valence-electron chi connectivity index (χ4n) is 2.87. The maximum absolute atomic E-state index is 14.0. The average molecular weight is 321 g/mol. The van der Waals surface area contributed by atoms with Crippen molar-refractivity contribution in [2.24, 2.45) is 0 Å². The van der Waals surface area contributed by atoms with Crippen LogP contribution in [0.1, 0.15) is 54.7 Å². The van der Waals surface area contributed by atoms with Gasteiger partial charge in [-0.15, -0.1) is 0 Å². The molecule has 4 heteroatoms. The zero-order valence-electron chi connectivity index (χ0n) is 10.3. The minimum atomic E-state index is -1.32. The Kier molecular flexibility index (Phi) is 4.36. The van der Waals surface area contributed by atoms with Gasteiger partial charge in [0.1, 0.15) is 0 Å². The maximum Gasteiger partial charge on any atom is 0.195 e. The molecule has 0 atom stereocenters. The summed E-state index contributed by atoms with van der Waals surface area (Å²) >= 11 is 3.15. The van der Waals surface area contributed by atoms with Crippen molar-refractivity contribution in [3.8, 4) is 0 Å². The molecule has 0 unspecified atom stereocenters. The van der Waals surface area contributed by atoms with Gasteiger partial charge in [0.2, 0.25) is 0 Å². The number of rotatable bonds is 2.